The summed E-state index contributed by atoms with van der Waals surface area (Å²) in [7, 11) is 3.59. The Morgan fingerprint density at radius 2 is 1.88 bits per heavy atom. The molecule has 0 unspecified atom stereocenters. The van der Waals surface area contributed by atoms with Crippen molar-refractivity contribution >= 4 is 34.3 Å². The van der Waals surface area contributed by atoms with Crippen LogP contribution in [0.2, 0.25) is 5.02 Å². The summed E-state index contributed by atoms with van der Waals surface area (Å²) in [5, 5.41) is 11.3. The molecule has 0 radical (unpaired) electrons. The number of rotatable bonds is 4. The van der Waals surface area contributed by atoms with Crippen molar-refractivity contribution in [3.8, 4) is 11.1 Å². The Kier molecular flexibility index (Phi) is 4.88. The predicted molar refractivity (Wildman–Crippen MR) is 108 cm³/mol. The first-order valence-electron chi connectivity index (χ1n) is 8.43. The first-order chi connectivity index (χ1) is 12.3. The van der Waals surface area contributed by atoms with Gasteiger partial charge >= 0.3 is 5.97 Å². The topological polar surface area (TPSA) is 53.4 Å². The summed E-state index contributed by atoms with van der Waals surface area (Å²) in [6.07, 6.45) is 0. The number of carboxylic acid groups (broad SMARTS) is 1. The summed E-state index contributed by atoms with van der Waals surface area (Å²) in [6, 6.07) is 13.4. The fraction of sp³-hybridized carbons (Fsp3) is 0.238. The lowest BCUT2D eigenvalue weighted by Gasteiger charge is -2.20. The van der Waals surface area contributed by atoms with Crippen molar-refractivity contribution in [3.63, 3.8) is 0 Å². The smallest absolute Gasteiger partial charge is 0.340 e. The lowest BCUT2D eigenvalue weighted by molar-refractivity contribution is 0.0698. The number of halogens is 1. The predicted octanol–water partition coefficient (Wildman–Crippen LogP) is 5.44. The Balaban J connectivity index is 2.48. The van der Waals surface area contributed by atoms with Gasteiger partial charge in [0.1, 0.15) is 11.4 Å². The molecule has 1 aromatic heterocycles. The van der Waals surface area contributed by atoms with Crippen LogP contribution in [0.15, 0.2) is 42.5 Å². The van der Waals surface area contributed by atoms with Crippen LogP contribution in [-0.2, 0) is 0 Å². The average Bonchev–Trinajstić information content (AvgIpc) is 2.59. The molecule has 0 saturated heterocycles. The maximum absolute atomic E-state index is 12.2. The molecule has 1 heterocycles. The average molecular weight is 369 g/mol. The summed E-state index contributed by atoms with van der Waals surface area (Å²) in [6.45, 7) is 4.23. The van der Waals surface area contributed by atoms with Crippen LogP contribution in [0.25, 0.3) is 22.0 Å². The summed E-state index contributed by atoms with van der Waals surface area (Å²) in [4.78, 5) is 18.5. The maximum Gasteiger partial charge on any atom is 0.340 e. The number of carboxylic acids is 1. The summed E-state index contributed by atoms with van der Waals surface area (Å²) < 4.78 is 0. The van der Waals surface area contributed by atoms with Gasteiger partial charge in [-0.2, -0.15) is 0 Å². The third-order valence-corrected chi connectivity index (χ3v) is 4.64. The maximum atomic E-state index is 12.2. The molecule has 0 saturated carbocycles. The highest BCUT2D eigenvalue weighted by Gasteiger charge is 2.23. The number of nitrogens with zero attached hydrogens (tertiary/aromatic N) is 2. The standard InChI is InChI=1S/C21H21ClN2O2/c1-12(2)13-6-5-7-14(10-13)18-16-11-15(22)8-9-17(16)23-20(24(3)4)19(18)21(25)26/h5-12H,1-4H3,(H,25,26). The second kappa shape index (κ2) is 6.96. The second-order valence-corrected chi connectivity index (χ2v) is 7.26. The van der Waals surface area contributed by atoms with Crippen molar-refractivity contribution < 1.29 is 9.90 Å². The zero-order valence-electron chi connectivity index (χ0n) is 15.2. The summed E-state index contributed by atoms with van der Waals surface area (Å²) >= 11 is 6.21. The van der Waals surface area contributed by atoms with E-state index in [-0.39, 0.29) is 5.56 Å². The molecule has 0 bridgehead atoms. The van der Waals surface area contributed by atoms with Crippen molar-refractivity contribution in [2.24, 2.45) is 0 Å². The number of pyridine rings is 1. The molecule has 0 aliphatic carbocycles. The quantitative estimate of drug-likeness (QED) is 0.665. The highest BCUT2D eigenvalue weighted by Crippen LogP contribution is 2.38. The van der Waals surface area contributed by atoms with Gasteiger partial charge in [-0.05, 0) is 35.2 Å². The third-order valence-electron chi connectivity index (χ3n) is 4.41. The Hall–Kier alpha value is -2.59. The summed E-state index contributed by atoms with van der Waals surface area (Å²) in [5.41, 5.74) is 3.55. The number of aromatic nitrogens is 1. The first-order valence-corrected chi connectivity index (χ1v) is 8.81. The monoisotopic (exact) mass is 368 g/mol. The highest BCUT2D eigenvalue weighted by atomic mass is 35.5. The molecule has 0 atom stereocenters. The van der Waals surface area contributed by atoms with E-state index in [0.717, 1.165) is 16.5 Å². The molecule has 0 amide bonds. The zero-order valence-corrected chi connectivity index (χ0v) is 16.0. The van der Waals surface area contributed by atoms with Gasteiger partial charge in [0.15, 0.2) is 0 Å². The third kappa shape index (κ3) is 3.25. The number of fused-ring (bicyclic) bond motifs is 1. The zero-order chi connectivity index (χ0) is 19.0. The van der Waals surface area contributed by atoms with Crippen LogP contribution >= 0.6 is 11.6 Å². The Morgan fingerprint density at radius 3 is 2.50 bits per heavy atom. The number of anilines is 1. The van der Waals surface area contributed by atoms with E-state index in [1.54, 1.807) is 31.1 Å². The molecule has 134 valence electrons. The summed E-state index contributed by atoms with van der Waals surface area (Å²) in [5.74, 6) is -0.237. The molecule has 4 nitrogen and oxygen atoms in total. The molecule has 5 heteroatoms. The van der Waals surface area contributed by atoms with Crippen molar-refractivity contribution in [2.45, 2.75) is 19.8 Å². The van der Waals surface area contributed by atoms with E-state index in [1.807, 2.05) is 24.3 Å². The molecule has 0 spiro atoms. The SMILES string of the molecule is CC(C)c1cccc(-c2c(C(=O)O)c(N(C)C)nc3ccc(Cl)cc23)c1. The number of hydrogen-bond donors (Lipinski definition) is 1. The Morgan fingerprint density at radius 1 is 1.15 bits per heavy atom. The van der Waals surface area contributed by atoms with Gasteiger partial charge in [0.05, 0.1) is 5.52 Å². The lowest BCUT2D eigenvalue weighted by Crippen LogP contribution is -2.17. The van der Waals surface area contributed by atoms with Crippen LogP contribution < -0.4 is 4.90 Å². The van der Waals surface area contributed by atoms with E-state index in [9.17, 15) is 9.90 Å². The van der Waals surface area contributed by atoms with E-state index in [4.69, 9.17) is 11.6 Å². The van der Waals surface area contributed by atoms with Crippen molar-refractivity contribution in [2.75, 3.05) is 19.0 Å². The van der Waals surface area contributed by atoms with E-state index in [2.05, 4.69) is 24.9 Å². The van der Waals surface area contributed by atoms with E-state index in [0.29, 0.717) is 27.8 Å². The first kappa shape index (κ1) is 18.2. The van der Waals surface area contributed by atoms with Gasteiger partial charge in [0.2, 0.25) is 0 Å². The molecule has 3 rings (SSSR count). The van der Waals surface area contributed by atoms with Gasteiger partial charge in [-0.15, -0.1) is 0 Å². The van der Waals surface area contributed by atoms with Gasteiger partial charge < -0.3 is 10.0 Å². The molecular formula is C21H21ClN2O2. The fourth-order valence-electron chi connectivity index (χ4n) is 3.10. The van der Waals surface area contributed by atoms with Crippen LogP contribution in [0.3, 0.4) is 0 Å². The molecule has 2 aromatic carbocycles. The van der Waals surface area contributed by atoms with Gasteiger partial charge in [0, 0.05) is 30.1 Å². The van der Waals surface area contributed by atoms with Crippen LogP contribution in [0, 0.1) is 0 Å². The van der Waals surface area contributed by atoms with Gasteiger partial charge in [-0.1, -0.05) is 49.7 Å². The van der Waals surface area contributed by atoms with Gasteiger partial charge in [-0.3, -0.25) is 0 Å². The van der Waals surface area contributed by atoms with E-state index >= 15 is 0 Å². The fourth-order valence-corrected chi connectivity index (χ4v) is 3.27. The Labute approximate surface area is 158 Å². The molecule has 3 aromatic rings. The van der Waals surface area contributed by atoms with Crippen molar-refractivity contribution in [3.05, 3.63) is 58.6 Å². The molecular weight excluding hydrogens is 348 g/mol. The van der Waals surface area contributed by atoms with Crippen LogP contribution in [0.1, 0.15) is 35.7 Å². The second-order valence-electron chi connectivity index (χ2n) is 6.83. The minimum atomic E-state index is -1.01. The van der Waals surface area contributed by atoms with Crippen LogP contribution in [-0.4, -0.2) is 30.2 Å². The van der Waals surface area contributed by atoms with E-state index < -0.39 is 5.97 Å². The Bertz CT molecular complexity index is 997. The minimum absolute atomic E-state index is 0.186. The molecule has 1 N–H and O–H groups in total. The molecule has 0 fully saturated rings. The van der Waals surface area contributed by atoms with Crippen LogP contribution in [0.4, 0.5) is 5.82 Å². The number of benzene rings is 2. The molecule has 0 aliphatic rings. The molecule has 0 aliphatic heterocycles. The van der Waals surface area contributed by atoms with Crippen LogP contribution in [0.5, 0.6) is 0 Å². The van der Waals surface area contributed by atoms with Gasteiger partial charge in [0.25, 0.3) is 0 Å². The number of carbonyl (C=O) groups is 1. The van der Waals surface area contributed by atoms with Gasteiger partial charge in [-0.25, -0.2) is 9.78 Å². The lowest BCUT2D eigenvalue weighted by atomic mass is 9.92. The van der Waals surface area contributed by atoms with Crippen molar-refractivity contribution in [1.29, 1.82) is 0 Å². The molecule has 26 heavy (non-hydrogen) atoms. The minimum Gasteiger partial charge on any atom is -0.478 e. The normalized spacial score (nSPS) is 11.2. The van der Waals surface area contributed by atoms with E-state index in [1.165, 1.54) is 0 Å². The van der Waals surface area contributed by atoms with Crippen molar-refractivity contribution in [1.82, 2.24) is 4.98 Å². The largest absolute Gasteiger partial charge is 0.478 e. The number of hydrogen-bond acceptors (Lipinski definition) is 3. The number of aromatic carboxylic acids is 1. The highest BCUT2D eigenvalue weighted by molar-refractivity contribution is 6.31.